The standard InChI is InChI=1S/C16H18N4O2/c1-2-14-13(16(22)19-18-15(21)11-8-9-11)10-17-20(14)12-6-4-3-5-7-12/h3-7,10-11H,2,8-9H2,1H3,(H,18,21)(H,19,22). The molecular formula is C16H18N4O2. The van der Waals surface area contributed by atoms with Gasteiger partial charge in [-0.05, 0) is 31.4 Å². The minimum absolute atomic E-state index is 0.0537. The molecule has 1 saturated carbocycles. The summed E-state index contributed by atoms with van der Waals surface area (Å²) in [5.41, 5.74) is 7.12. The van der Waals surface area contributed by atoms with E-state index in [9.17, 15) is 9.59 Å². The Labute approximate surface area is 128 Å². The van der Waals surface area contributed by atoms with Crippen LogP contribution in [0.5, 0.6) is 0 Å². The van der Waals surface area contributed by atoms with Gasteiger partial charge in [-0.2, -0.15) is 5.10 Å². The fraction of sp³-hybridized carbons (Fsp3) is 0.312. The van der Waals surface area contributed by atoms with Crippen molar-refractivity contribution in [2.75, 3.05) is 0 Å². The van der Waals surface area contributed by atoms with Crippen molar-refractivity contribution in [2.45, 2.75) is 26.2 Å². The van der Waals surface area contributed by atoms with Gasteiger partial charge in [0.15, 0.2) is 0 Å². The molecule has 114 valence electrons. The summed E-state index contributed by atoms with van der Waals surface area (Å²) in [5.74, 6) is -0.409. The normalized spacial score (nSPS) is 13.7. The smallest absolute Gasteiger partial charge is 0.273 e. The van der Waals surface area contributed by atoms with Crippen molar-refractivity contribution in [3.63, 3.8) is 0 Å². The molecule has 0 aliphatic heterocycles. The minimum Gasteiger partial charge on any atom is -0.273 e. The fourth-order valence-electron chi connectivity index (χ4n) is 2.33. The van der Waals surface area contributed by atoms with Crippen molar-refractivity contribution in [1.29, 1.82) is 0 Å². The maximum atomic E-state index is 12.2. The zero-order valence-electron chi connectivity index (χ0n) is 12.4. The number of hydrogen-bond acceptors (Lipinski definition) is 3. The van der Waals surface area contributed by atoms with E-state index in [4.69, 9.17) is 0 Å². The Bertz CT molecular complexity index is 689. The summed E-state index contributed by atoms with van der Waals surface area (Å²) in [6, 6.07) is 9.64. The predicted octanol–water partition coefficient (Wildman–Crippen LogP) is 1.61. The number of carbonyl (C=O) groups excluding carboxylic acids is 2. The van der Waals surface area contributed by atoms with Gasteiger partial charge < -0.3 is 0 Å². The van der Waals surface area contributed by atoms with Crippen molar-refractivity contribution in [1.82, 2.24) is 20.6 Å². The maximum Gasteiger partial charge on any atom is 0.273 e. The highest BCUT2D eigenvalue weighted by Crippen LogP contribution is 2.28. The second-order valence-corrected chi connectivity index (χ2v) is 5.32. The number of aromatic nitrogens is 2. The molecule has 1 aliphatic carbocycles. The van der Waals surface area contributed by atoms with Crippen LogP contribution in [-0.2, 0) is 11.2 Å². The summed E-state index contributed by atoms with van der Waals surface area (Å²) >= 11 is 0. The lowest BCUT2D eigenvalue weighted by Gasteiger charge is -2.09. The topological polar surface area (TPSA) is 76.0 Å². The molecule has 2 amide bonds. The minimum atomic E-state index is -0.340. The van der Waals surface area contributed by atoms with Crippen LogP contribution in [-0.4, -0.2) is 21.6 Å². The Morgan fingerprint density at radius 3 is 2.59 bits per heavy atom. The first kappa shape index (κ1) is 14.3. The summed E-state index contributed by atoms with van der Waals surface area (Å²) < 4.78 is 1.75. The third-order valence-corrected chi connectivity index (χ3v) is 3.70. The first-order valence-electron chi connectivity index (χ1n) is 7.43. The van der Waals surface area contributed by atoms with Crippen LogP contribution in [0.1, 0.15) is 35.8 Å². The molecule has 0 bridgehead atoms. The Balaban J connectivity index is 1.77. The lowest BCUT2D eigenvalue weighted by atomic mass is 10.2. The molecule has 1 aromatic carbocycles. The molecule has 6 nitrogen and oxygen atoms in total. The maximum absolute atomic E-state index is 12.2. The van der Waals surface area contributed by atoms with Crippen molar-refractivity contribution in [2.24, 2.45) is 5.92 Å². The number of rotatable bonds is 4. The van der Waals surface area contributed by atoms with Gasteiger partial charge in [0.2, 0.25) is 5.91 Å². The molecule has 0 atom stereocenters. The third-order valence-electron chi connectivity index (χ3n) is 3.70. The molecule has 1 aromatic heterocycles. The van der Waals surface area contributed by atoms with Crippen molar-refractivity contribution in [3.05, 3.63) is 47.8 Å². The SMILES string of the molecule is CCc1c(C(=O)NNC(=O)C2CC2)cnn1-c1ccccc1. The molecule has 0 radical (unpaired) electrons. The van der Waals surface area contributed by atoms with Crippen LogP contribution in [0.15, 0.2) is 36.5 Å². The molecule has 1 heterocycles. The Morgan fingerprint density at radius 2 is 1.95 bits per heavy atom. The number of hydrogen-bond donors (Lipinski definition) is 2. The molecule has 2 aromatic rings. The number of nitrogens with zero attached hydrogens (tertiary/aromatic N) is 2. The van der Waals surface area contributed by atoms with Gasteiger partial charge in [0.05, 0.1) is 23.1 Å². The number of hydrazine groups is 1. The molecule has 6 heteroatoms. The Morgan fingerprint density at radius 1 is 1.23 bits per heavy atom. The first-order chi connectivity index (χ1) is 10.7. The average Bonchev–Trinajstić information content (AvgIpc) is 3.31. The zero-order valence-corrected chi connectivity index (χ0v) is 12.4. The van der Waals surface area contributed by atoms with Gasteiger partial charge in [-0.1, -0.05) is 25.1 Å². The summed E-state index contributed by atoms with van der Waals surface area (Å²) in [7, 11) is 0. The summed E-state index contributed by atoms with van der Waals surface area (Å²) in [4.78, 5) is 23.8. The molecule has 0 spiro atoms. The predicted molar refractivity (Wildman–Crippen MR) is 81.3 cm³/mol. The van der Waals surface area contributed by atoms with Crippen LogP contribution in [0.25, 0.3) is 5.69 Å². The third kappa shape index (κ3) is 2.86. The van der Waals surface area contributed by atoms with Gasteiger partial charge in [0, 0.05) is 5.92 Å². The van der Waals surface area contributed by atoms with E-state index in [1.807, 2.05) is 37.3 Å². The monoisotopic (exact) mass is 298 g/mol. The number of benzene rings is 1. The van der Waals surface area contributed by atoms with E-state index in [1.165, 1.54) is 6.20 Å². The Hall–Kier alpha value is -2.63. The van der Waals surface area contributed by atoms with Crippen LogP contribution in [0.2, 0.25) is 0 Å². The molecule has 0 unspecified atom stereocenters. The van der Waals surface area contributed by atoms with E-state index in [-0.39, 0.29) is 17.7 Å². The van der Waals surface area contributed by atoms with Gasteiger partial charge in [-0.25, -0.2) is 4.68 Å². The van der Waals surface area contributed by atoms with E-state index < -0.39 is 0 Å². The molecule has 1 aliphatic rings. The number of nitrogens with one attached hydrogen (secondary N) is 2. The van der Waals surface area contributed by atoms with Gasteiger partial charge in [-0.3, -0.25) is 20.4 Å². The summed E-state index contributed by atoms with van der Waals surface area (Å²) in [6.45, 7) is 1.97. The number of amides is 2. The van der Waals surface area contributed by atoms with Gasteiger partial charge in [-0.15, -0.1) is 0 Å². The van der Waals surface area contributed by atoms with E-state index in [0.29, 0.717) is 12.0 Å². The quantitative estimate of drug-likeness (QED) is 0.842. The Kier molecular flexibility index (Phi) is 3.91. The van der Waals surface area contributed by atoms with E-state index in [2.05, 4.69) is 16.0 Å². The van der Waals surface area contributed by atoms with Gasteiger partial charge >= 0.3 is 0 Å². The highest BCUT2D eigenvalue weighted by Gasteiger charge is 2.30. The number of para-hydroxylation sites is 1. The molecular weight excluding hydrogens is 280 g/mol. The van der Waals surface area contributed by atoms with E-state index >= 15 is 0 Å². The largest absolute Gasteiger partial charge is 0.273 e. The van der Waals surface area contributed by atoms with Gasteiger partial charge in [0.1, 0.15) is 0 Å². The summed E-state index contributed by atoms with van der Waals surface area (Å²) in [6.07, 6.45) is 3.99. The average molecular weight is 298 g/mol. The van der Waals surface area contributed by atoms with Crippen molar-refractivity contribution in [3.8, 4) is 5.69 Å². The first-order valence-corrected chi connectivity index (χ1v) is 7.43. The van der Waals surface area contributed by atoms with Crippen LogP contribution in [0.4, 0.5) is 0 Å². The van der Waals surface area contributed by atoms with Crippen LogP contribution in [0.3, 0.4) is 0 Å². The molecule has 22 heavy (non-hydrogen) atoms. The molecule has 2 N–H and O–H groups in total. The van der Waals surface area contributed by atoms with Crippen molar-refractivity contribution < 1.29 is 9.59 Å². The van der Waals surface area contributed by atoms with E-state index in [1.54, 1.807) is 4.68 Å². The van der Waals surface area contributed by atoms with Crippen LogP contribution < -0.4 is 10.9 Å². The van der Waals surface area contributed by atoms with Crippen molar-refractivity contribution >= 4 is 11.8 Å². The second kappa shape index (κ2) is 6.01. The molecule has 1 fully saturated rings. The second-order valence-electron chi connectivity index (χ2n) is 5.32. The lowest BCUT2D eigenvalue weighted by Crippen LogP contribution is -2.42. The van der Waals surface area contributed by atoms with Crippen LogP contribution >= 0.6 is 0 Å². The molecule has 3 rings (SSSR count). The lowest BCUT2D eigenvalue weighted by molar-refractivity contribution is -0.123. The highest BCUT2D eigenvalue weighted by molar-refractivity contribution is 5.96. The fourth-order valence-corrected chi connectivity index (χ4v) is 2.33. The number of carbonyl (C=O) groups is 2. The molecule has 0 saturated heterocycles. The summed E-state index contributed by atoms with van der Waals surface area (Å²) in [5, 5.41) is 4.30. The van der Waals surface area contributed by atoms with Crippen LogP contribution in [0, 0.1) is 5.92 Å². The van der Waals surface area contributed by atoms with Gasteiger partial charge in [0.25, 0.3) is 5.91 Å². The highest BCUT2D eigenvalue weighted by atomic mass is 16.2. The van der Waals surface area contributed by atoms with E-state index in [0.717, 1.165) is 24.2 Å². The zero-order chi connectivity index (χ0) is 15.5.